The molecule has 4 aromatic rings. The lowest BCUT2D eigenvalue weighted by atomic mass is 10.1. The molecule has 0 aliphatic rings. The molecule has 0 amide bonds. The lowest BCUT2D eigenvalue weighted by molar-refractivity contribution is 0.414. The van der Waals surface area contributed by atoms with Gasteiger partial charge in [0.05, 0.1) is 12.8 Å². The fourth-order valence-electron chi connectivity index (χ4n) is 3.18. The van der Waals surface area contributed by atoms with E-state index < -0.39 is 15.8 Å². The smallest absolute Gasteiger partial charge is 0.269 e. The Kier molecular flexibility index (Phi) is 6.34. The van der Waals surface area contributed by atoms with E-state index in [1.807, 2.05) is 24.3 Å². The molecule has 0 saturated carbocycles. The highest BCUT2D eigenvalue weighted by Gasteiger charge is 2.23. The quantitative estimate of drug-likeness (QED) is 0.340. The molecular weight excluding hydrogens is 447 g/mol. The number of ether oxygens (including phenoxy) is 1. The highest BCUT2D eigenvalue weighted by molar-refractivity contribution is 7.98. The van der Waals surface area contributed by atoms with Crippen LogP contribution in [0.1, 0.15) is 11.1 Å². The molecule has 0 saturated heterocycles. The molecule has 0 aliphatic carbocycles. The Labute approximate surface area is 190 Å². The minimum absolute atomic E-state index is 0.0189. The van der Waals surface area contributed by atoms with Crippen LogP contribution in [0.25, 0.3) is 11.3 Å². The van der Waals surface area contributed by atoms with Gasteiger partial charge in [0.15, 0.2) is 0 Å². The van der Waals surface area contributed by atoms with Gasteiger partial charge in [-0.1, -0.05) is 24.3 Å². The normalized spacial score (nSPS) is 11.5. The van der Waals surface area contributed by atoms with Crippen LogP contribution in [0.4, 0.5) is 4.39 Å². The first-order valence-electron chi connectivity index (χ1n) is 9.64. The zero-order chi connectivity index (χ0) is 22.7. The molecule has 0 N–H and O–H groups in total. The van der Waals surface area contributed by atoms with Crippen LogP contribution in [-0.4, -0.2) is 24.5 Å². The summed E-state index contributed by atoms with van der Waals surface area (Å²) in [6, 6.07) is 16.8. The van der Waals surface area contributed by atoms with Crippen LogP contribution < -0.4 is 4.74 Å². The van der Waals surface area contributed by atoms with Crippen LogP contribution in [0, 0.1) is 12.7 Å². The van der Waals surface area contributed by atoms with Crippen molar-refractivity contribution in [3.63, 3.8) is 0 Å². The first kappa shape index (κ1) is 22.1. The Morgan fingerprint density at radius 3 is 2.56 bits per heavy atom. The third kappa shape index (κ3) is 4.56. The average molecular weight is 468 g/mol. The van der Waals surface area contributed by atoms with Crippen LogP contribution in [-0.2, 0) is 15.8 Å². The minimum Gasteiger partial charge on any atom is -0.497 e. The van der Waals surface area contributed by atoms with Crippen molar-refractivity contribution >= 4 is 21.8 Å². The van der Waals surface area contributed by atoms with Gasteiger partial charge in [0.25, 0.3) is 10.0 Å². The van der Waals surface area contributed by atoms with Gasteiger partial charge in [0, 0.05) is 34.8 Å². The number of hydrogen-bond donors (Lipinski definition) is 0. The molecule has 0 spiro atoms. The first-order chi connectivity index (χ1) is 15.4. The van der Waals surface area contributed by atoms with Gasteiger partial charge < -0.3 is 4.74 Å². The summed E-state index contributed by atoms with van der Waals surface area (Å²) in [5.41, 5.74) is 1.93. The van der Waals surface area contributed by atoms with Crippen LogP contribution >= 0.6 is 11.8 Å². The number of benzene rings is 2. The summed E-state index contributed by atoms with van der Waals surface area (Å²) in [6.45, 7) is 3.82. The highest BCUT2D eigenvalue weighted by Crippen LogP contribution is 2.30. The summed E-state index contributed by atoms with van der Waals surface area (Å²) < 4.78 is 47.4. The van der Waals surface area contributed by atoms with E-state index in [4.69, 9.17) is 4.74 Å². The standard InChI is InChI=1S/C24H20FN2O3S2/c1-17-11-24(22-5-3-4-6-23(22)25)27(15-17)32(28,29)21-12-20(13-26-14-21)31-16-18-7-9-19(30-2)10-8-18/h3-15H,1,16H2,2H3. The summed E-state index contributed by atoms with van der Waals surface area (Å²) in [7, 11) is -2.40. The Morgan fingerprint density at radius 2 is 1.84 bits per heavy atom. The van der Waals surface area contributed by atoms with Crippen LogP contribution in [0.2, 0.25) is 0 Å². The molecule has 0 aliphatic heterocycles. The SMILES string of the molecule is [CH2]c1cc(-c2ccccc2F)n(S(=O)(=O)c2cncc(SCc3ccc(OC)cc3)c2)c1. The topological polar surface area (TPSA) is 61.2 Å². The maximum Gasteiger partial charge on any atom is 0.269 e. The maximum atomic E-state index is 14.4. The molecule has 2 heterocycles. The number of rotatable bonds is 7. The first-order valence-corrected chi connectivity index (χ1v) is 12.1. The van der Waals surface area contributed by atoms with Gasteiger partial charge in [-0.05, 0) is 54.4 Å². The average Bonchev–Trinajstić information content (AvgIpc) is 3.21. The second kappa shape index (κ2) is 9.18. The van der Waals surface area contributed by atoms with Crippen molar-refractivity contribution in [2.45, 2.75) is 15.5 Å². The Bertz CT molecular complexity index is 1350. The summed E-state index contributed by atoms with van der Waals surface area (Å²) >= 11 is 1.47. The second-order valence-electron chi connectivity index (χ2n) is 7.01. The number of methoxy groups -OCH3 is 1. The Morgan fingerprint density at radius 1 is 1.09 bits per heavy atom. The number of hydrogen-bond acceptors (Lipinski definition) is 5. The van der Waals surface area contributed by atoms with Gasteiger partial charge in [-0.3, -0.25) is 4.98 Å². The minimum atomic E-state index is -4.01. The number of halogens is 1. The summed E-state index contributed by atoms with van der Waals surface area (Å²) in [6.07, 6.45) is 4.29. The monoisotopic (exact) mass is 467 g/mol. The van der Waals surface area contributed by atoms with Crippen molar-refractivity contribution in [3.8, 4) is 17.0 Å². The van der Waals surface area contributed by atoms with Gasteiger partial charge in [0.1, 0.15) is 16.5 Å². The van der Waals surface area contributed by atoms with Crippen LogP contribution in [0.3, 0.4) is 0 Å². The van der Waals surface area contributed by atoms with E-state index in [0.29, 0.717) is 16.2 Å². The van der Waals surface area contributed by atoms with Crippen molar-refractivity contribution in [2.24, 2.45) is 0 Å². The zero-order valence-electron chi connectivity index (χ0n) is 17.2. The lowest BCUT2D eigenvalue weighted by Crippen LogP contribution is -2.14. The highest BCUT2D eigenvalue weighted by atomic mass is 32.2. The number of thioether (sulfide) groups is 1. The fraction of sp³-hybridized carbons (Fsp3) is 0.0833. The van der Waals surface area contributed by atoms with E-state index in [9.17, 15) is 12.8 Å². The third-order valence-corrected chi connectivity index (χ3v) is 7.48. The molecule has 5 nitrogen and oxygen atoms in total. The molecule has 0 fully saturated rings. The molecular formula is C24H20FN2O3S2. The van der Waals surface area contributed by atoms with Crippen LogP contribution in [0.15, 0.2) is 89.0 Å². The Hall–Kier alpha value is -3.10. The molecule has 8 heteroatoms. The number of nitrogens with zero attached hydrogens (tertiary/aromatic N) is 2. The molecule has 0 unspecified atom stereocenters. The van der Waals surface area contributed by atoms with Gasteiger partial charge >= 0.3 is 0 Å². The van der Waals surface area contributed by atoms with E-state index in [0.717, 1.165) is 15.3 Å². The van der Waals surface area contributed by atoms with E-state index in [1.165, 1.54) is 36.3 Å². The van der Waals surface area contributed by atoms with Crippen molar-refractivity contribution < 1.29 is 17.5 Å². The largest absolute Gasteiger partial charge is 0.497 e. The lowest BCUT2D eigenvalue weighted by Gasteiger charge is -2.12. The number of aromatic nitrogens is 2. The van der Waals surface area contributed by atoms with Crippen molar-refractivity contribution in [3.05, 3.63) is 103 Å². The fourth-order valence-corrected chi connectivity index (χ4v) is 5.51. The summed E-state index contributed by atoms with van der Waals surface area (Å²) in [5, 5.41) is 0. The predicted octanol–water partition coefficient (Wildman–Crippen LogP) is 5.41. The molecule has 2 aromatic heterocycles. The van der Waals surface area contributed by atoms with Gasteiger partial charge in [-0.15, -0.1) is 11.8 Å². The van der Waals surface area contributed by atoms with Crippen molar-refractivity contribution in [2.75, 3.05) is 7.11 Å². The second-order valence-corrected chi connectivity index (χ2v) is 9.87. The van der Waals surface area contributed by atoms with Gasteiger partial charge in [-0.2, -0.15) is 0 Å². The van der Waals surface area contributed by atoms with Gasteiger partial charge in [-0.25, -0.2) is 16.8 Å². The van der Waals surface area contributed by atoms with Crippen LogP contribution in [0.5, 0.6) is 5.75 Å². The van der Waals surface area contributed by atoms with Gasteiger partial charge in [0.2, 0.25) is 0 Å². The third-order valence-electron chi connectivity index (χ3n) is 4.80. The summed E-state index contributed by atoms with van der Waals surface area (Å²) in [4.78, 5) is 4.84. The molecule has 163 valence electrons. The molecule has 0 bridgehead atoms. The number of pyridine rings is 1. The van der Waals surface area contributed by atoms with E-state index in [1.54, 1.807) is 37.6 Å². The molecule has 32 heavy (non-hydrogen) atoms. The summed E-state index contributed by atoms with van der Waals surface area (Å²) in [5.74, 6) is 0.905. The molecule has 1 radical (unpaired) electrons. The zero-order valence-corrected chi connectivity index (χ0v) is 18.9. The van der Waals surface area contributed by atoms with E-state index in [-0.39, 0.29) is 16.2 Å². The van der Waals surface area contributed by atoms with Crippen molar-refractivity contribution in [1.82, 2.24) is 8.96 Å². The molecule has 2 aromatic carbocycles. The maximum absolute atomic E-state index is 14.4. The van der Waals surface area contributed by atoms with E-state index >= 15 is 0 Å². The molecule has 4 rings (SSSR count). The molecule has 0 atom stereocenters. The van der Waals surface area contributed by atoms with Crippen molar-refractivity contribution in [1.29, 1.82) is 0 Å². The predicted molar refractivity (Wildman–Crippen MR) is 124 cm³/mol. The van der Waals surface area contributed by atoms with E-state index in [2.05, 4.69) is 11.9 Å². The Balaban J connectivity index is 1.63.